The molecule has 2 aromatic carbocycles. The lowest BCUT2D eigenvalue weighted by atomic mass is 10.1. The van der Waals surface area contributed by atoms with Crippen LogP contribution in [-0.2, 0) is 17.5 Å². The van der Waals surface area contributed by atoms with Crippen LogP contribution in [0, 0.1) is 0 Å². The first kappa shape index (κ1) is 23.0. The molecule has 1 amide bonds. The summed E-state index contributed by atoms with van der Waals surface area (Å²) in [6.45, 7) is 0.174. The average Bonchev–Trinajstić information content (AvgIpc) is 2.71. The van der Waals surface area contributed by atoms with Crippen LogP contribution in [0.15, 0.2) is 63.9 Å². The van der Waals surface area contributed by atoms with Crippen LogP contribution in [0.2, 0.25) is 5.02 Å². The van der Waals surface area contributed by atoms with Gasteiger partial charge in [0.25, 0.3) is 5.56 Å². The first-order valence-electron chi connectivity index (χ1n) is 9.14. The number of hydrogen-bond donors (Lipinski definition) is 1. The van der Waals surface area contributed by atoms with E-state index in [0.717, 1.165) is 28.2 Å². The van der Waals surface area contributed by atoms with Gasteiger partial charge >= 0.3 is 6.18 Å². The third-order valence-corrected chi connectivity index (χ3v) is 5.21. The molecule has 0 saturated heterocycles. The van der Waals surface area contributed by atoms with Crippen molar-refractivity contribution in [1.82, 2.24) is 9.78 Å². The Labute approximate surface area is 189 Å². The number of carbonyl (C=O) groups excluding carboxylic acids is 1. The molecule has 31 heavy (non-hydrogen) atoms. The second-order valence-electron chi connectivity index (χ2n) is 6.63. The highest BCUT2D eigenvalue weighted by molar-refractivity contribution is 9.10. The van der Waals surface area contributed by atoms with E-state index in [9.17, 15) is 22.8 Å². The molecule has 0 radical (unpaired) electrons. The molecule has 1 heterocycles. The van der Waals surface area contributed by atoms with Gasteiger partial charge in [-0.1, -0.05) is 39.7 Å². The first-order chi connectivity index (χ1) is 14.6. The molecule has 1 N–H and O–H groups in total. The molecule has 3 rings (SSSR count). The van der Waals surface area contributed by atoms with Gasteiger partial charge in [-0.2, -0.15) is 18.3 Å². The third-order valence-electron chi connectivity index (χ3n) is 4.35. The van der Waals surface area contributed by atoms with E-state index in [0.29, 0.717) is 5.69 Å². The highest BCUT2D eigenvalue weighted by atomic mass is 79.9. The number of nitrogens with one attached hydrogen (secondary N) is 1. The summed E-state index contributed by atoms with van der Waals surface area (Å²) in [4.78, 5) is 24.2. The Morgan fingerprint density at radius 3 is 2.48 bits per heavy atom. The van der Waals surface area contributed by atoms with Crippen molar-refractivity contribution in [3.8, 4) is 11.3 Å². The summed E-state index contributed by atoms with van der Waals surface area (Å²) in [5.41, 5.74) is 0.0881. The molecule has 0 fully saturated rings. The summed E-state index contributed by atoms with van der Waals surface area (Å²) >= 11 is 9.24. The Bertz CT molecular complexity index is 1150. The van der Waals surface area contributed by atoms with Crippen molar-refractivity contribution in [2.24, 2.45) is 0 Å². The van der Waals surface area contributed by atoms with Gasteiger partial charge in [-0.05, 0) is 42.8 Å². The molecule has 0 unspecified atom stereocenters. The molecule has 0 aliphatic heterocycles. The zero-order valence-corrected chi connectivity index (χ0v) is 18.3. The SMILES string of the molecule is O=C(CCCn1nc(-c2ccc(Br)cc2)ccc1=O)Nc1cc(C(F)(F)F)ccc1Cl. The number of anilines is 1. The second-order valence-corrected chi connectivity index (χ2v) is 7.95. The Morgan fingerprint density at radius 1 is 1.10 bits per heavy atom. The monoisotopic (exact) mass is 513 g/mol. The molecule has 10 heteroatoms. The normalized spacial score (nSPS) is 11.4. The predicted octanol–water partition coefficient (Wildman–Crippen LogP) is 5.76. The fourth-order valence-electron chi connectivity index (χ4n) is 2.78. The number of rotatable bonds is 6. The van der Waals surface area contributed by atoms with Crippen molar-refractivity contribution in [2.75, 3.05) is 5.32 Å². The van der Waals surface area contributed by atoms with Crippen LogP contribution in [0.5, 0.6) is 0 Å². The third kappa shape index (κ3) is 6.18. The van der Waals surface area contributed by atoms with Gasteiger partial charge in [-0.25, -0.2) is 4.68 Å². The minimum absolute atomic E-state index is 0.00133. The van der Waals surface area contributed by atoms with Crippen LogP contribution in [-0.4, -0.2) is 15.7 Å². The van der Waals surface area contributed by atoms with E-state index < -0.39 is 17.6 Å². The topological polar surface area (TPSA) is 64.0 Å². The molecule has 1 aromatic heterocycles. The van der Waals surface area contributed by atoms with Gasteiger partial charge < -0.3 is 5.32 Å². The largest absolute Gasteiger partial charge is 0.416 e. The average molecular weight is 515 g/mol. The van der Waals surface area contributed by atoms with Crippen molar-refractivity contribution in [1.29, 1.82) is 0 Å². The van der Waals surface area contributed by atoms with Gasteiger partial charge in [0.15, 0.2) is 0 Å². The number of alkyl halides is 3. The van der Waals surface area contributed by atoms with Crippen molar-refractivity contribution in [3.63, 3.8) is 0 Å². The first-order valence-corrected chi connectivity index (χ1v) is 10.3. The summed E-state index contributed by atoms with van der Waals surface area (Å²) in [6, 6.07) is 13.1. The van der Waals surface area contributed by atoms with Crippen LogP contribution in [0.25, 0.3) is 11.3 Å². The number of hydrogen-bond acceptors (Lipinski definition) is 3. The van der Waals surface area contributed by atoms with Crippen LogP contribution in [0.3, 0.4) is 0 Å². The fraction of sp³-hybridized carbons (Fsp3) is 0.190. The van der Waals surface area contributed by atoms with E-state index in [1.807, 2.05) is 24.3 Å². The summed E-state index contributed by atoms with van der Waals surface area (Å²) in [5, 5.41) is 6.70. The number of amides is 1. The van der Waals surface area contributed by atoms with Gasteiger partial charge in [-0.3, -0.25) is 9.59 Å². The Balaban J connectivity index is 1.63. The number of carbonyl (C=O) groups is 1. The number of nitrogens with zero attached hydrogens (tertiary/aromatic N) is 2. The summed E-state index contributed by atoms with van der Waals surface area (Å²) in [5.74, 6) is -0.515. The van der Waals surface area contributed by atoms with Gasteiger partial charge in [0.1, 0.15) is 0 Å². The minimum atomic E-state index is -4.54. The van der Waals surface area contributed by atoms with Gasteiger partial charge in [0, 0.05) is 29.1 Å². The number of aryl methyl sites for hydroxylation is 1. The van der Waals surface area contributed by atoms with Gasteiger partial charge in [0.2, 0.25) is 5.91 Å². The highest BCUT2D eigenvalue weighted by Crippen LogP contribution is 2.33. The van der Waals surface area contributed by atoms with Crippen molar-refractivity contribution in [3.05, 3.63) is 80.0 Å². The molecule has 3 aromatic rings. The maximum absolute atomic E-state index is 12.8. The molecule has 0 spiro atoms. The van der Waals surface area contributed by atoms with E-state index in [2.05, 4.69) is 26.3 Å². The molecule has 0 atom stereocenters. The van der Waals surface area contributed by atoms with Crippen molar-refractivity contribution >= 4 is 39.1 Å². The van der Waals surface area contributed by atoms with Crippen LogP contribution >= 0.6 is 27.5 Å². The maximum atomic E-state index is 12.8. The maximum Gasteiger partial charge on any atom is 0.416 e. The number of aromatic nitrogens is 2. The zero-order chi connectivity index (χ0) is 22.6. The van der Waals surface area contributed by atoms with E-state index in [-0.39, 0.29) is 35.7 Å². The standard InChI is InChI=1S/C21H16BrClF3N3O2/c22-15-6-3-13(4-7-15)17-9-10-20(31)29(28-17)11-1-2-19(30)27-18-12-14(21(24,25)26)5-8-16(18)23/h3-10,12H,1-2,11H2,(H,27,30). The predicted molar refractivity (Wildman–Crippen MR) is 116 cm³/mol. The Kier molecular flexibility index (Phi) is 7.17. The number of halogens is 5. The number of benzene rings is 2. The van der Waals surface area contributed by atoms with Crippen LogP contribution in [0.1, 0.15) is 18.4 Å². The van der Waals surface area contributed by atoms with E-state index >= 15 is 0 Å². The second kappa shape index (κ2) is 9.65. The molecule has 0 bridgehead atoms. The summed E-state index contributed by atoms with van der Waals surface area (Å²) < 4.78 is 40.7. The zero-order valence-electron chi connectivity index (χ0n) is 15.9. The van der Waals surface area contributed by atoms with E-state index in [4.69, 9.17) is 11.6 Å². The lowest BCUT2D eigenvalue weighted by Gasteiger charge is -2.12. The molecule has 0 aliphatic carbocycles. The van der Waals surface area contributed by atoms with Crippen LogP contribution in [0.4, 0.5) is 18.9 Å². The van der Waals surface area contributed by atoms with E-state index in [1.54, 1.807) is 6.07 Å². The smallest absolute Gasteiger partial charge is 0.325 e. The van der Waals surface area contributed by atoms with Gasteiger partial charge in [0.05, 0.1) is 22.0 Å². The van der Waals surface area contributed by atoms with E-state index in [1.165, 1.54) is 10.7 Å². The lowest BCUT2D eigenvalue weighted by Crippen LogP contribution is -2.23. The van der Waals surface area contributed by atoms with Crippen molar-refractivity contribution in [2.45, 2.75) is 25.6 Å². The molecule has 162 valence electrons. The summed E-state index contributed by atoms with van der Waals surface area (Å²) in [6.07, 6.45) is -4.31. The molecule has 0 aliphatic rings. The Morgan fingerprint density at radius 2 is 1.81 bits per heavy atom. The molecule has 5 nitrogen and oxygen atoms in total. The summed E-state index contributed by atoms with van der Waals surface area (Å²) in [7, 11) is 0. The molecular weight excluding hydrogens is 499 g/mol. The minimum Gasteiger partial charge on any atom is -0.325 e. The van der Waals surface area contributed by atoms with Gasteiger partial charge in [-0.15, -0.1) is 0 Å². The van der Waals surface area contributed by atoms with Crippen LogP contribution < -0.4 is 10.9 Å². The highest BCUT2D eigenvalue weighted by Gasteiger charge is 2.31. The van der Waals surface area contributed by atoms with Crippen molar-refractivity contribution < 1.29 is 18.0 Å². The molecule has 0 saturated carbocycles. The fourth-order valence-corrected chi connectivity index (χ4v) is 3.21. The molecular formula is C21H16BrClF3N3O2. The Hall–Kier alpha value is -2.65. The lowest BCUT2D eigenvalue weighted by molar-refractivity contribution is -0.137. The quantitative estimate of drug-likeness (QED) is 0.455.